The summed E-state index contributed by atoms with van der Waals surface area (Å²) < 4.78 is 38.2. The minimum atomic E-state index is -1.67. The monoisotopic (exact) mass is 360 g/mol. The van der Waals surface area contributed by atoms with E-state index in [9.17, 15) is 0 Å². The summed E-state index contributed by atoms with van der Waals surface area (Å²) in [5, 5.41) is 0.960. The molecule has 2 aliphatic rings. The Bertz CT molecular complexity index is 1240. The van der Waals surface area contributed by atoms with Crippen LogP contribution in [0.2, 0.25) is 0 Å². The quantitative estimate of drug-likeness (QED) is 0.475. The fourth-order valence-corrected chi connectivity index (χ4v) is 5.00. The molecule has 1 saturated carbocycles. The summed E-state index contributed by atoms with van der Waals surface area (Å²) in [5.74, 6) is 0. The lowest BCUT2D eigenvalue weighted by atomic mass is 9.83. The van der Waals surface area contributed by atoms with Crippen molar-refractivity contribution in [1.82, 2.24) is 0 Å². The van der Waals surface area contributed by atoms with Crippen molar-refractivity contribution in [2.45, 2.75) is 59.2 Å². The van der Waals surface area contributed by atoms with E-state index >= 15 is 0 Å². The molecule has 0 radical (unpaired) electrons. The second-order valence-corrected chi connectivity index (χ2v) is 8.53. The molecule has 0 bridgehead atoms. The molecule has 0 saturated heterocycles. The first-order valence-electron chi connectivity index (χ1n) is 12.1. The molecule has 1 aromatic heterocycles. The van der Waals surface area contributed by atoms with Gasteiger partial charge in [0.15, 0.2) is 0 Å². The summed E-state index contributed by atoms with van der Waals surface area (Å²) in [6.07, 6.45) is -0.311. The van der Waals surface area contributed by atoms with E-state index in [0.29, 0.717) is 24.0 Å². The summed E-state index contributed by atoms with van der Waals surface area (Å²) in [4.78, 5) is 0. The number of aryl methyl sites for hydroxylation is 3. The third kappa shape index (κ3) is 2.63. The van der Waals surface area contributed by atoms with Crippen LogP contribution in [0.5, 0.6) is 0 Å². The van der Waals surface area contributed by atoms with Crippen LogP contribution in [0, 0.1) is 26.2 Å². The van der Waals surface area contributed by atoms with E-state index in [1.165, 1.54) is 22.3 Å². The van der Waals surface area contributed by atoms with Gasteiger partial charge in [-0.05, 0) is 92.2 Å². The Morgan fingerprint density at radius 2 is 1.63 bits per heavy atom. The van der Waals surface area contributed by atoms with E-state index in [0.717, 1.165) is 29.4 Å². The molecule has 0 aliphatic heterocycles. The number of hydrogen-bond acceptors (Lipinski definition) is 0. The summed E-state index contributed by atoms with van der Waals surface area (Å²) in [6, 6.07) is 12.4. The van der Waals surface area contributed by atoms with Gasteiger partial charge in [0.2, 0.25) is 11.2 Å². The largest absolute Gasteiger partial charge is 0.213 e. The minimum absolute atomic E-state index is 0.539. The number of rotatable bonds is 1. The summed E-state index contributed by atoms with van der Waals surface area (Å²) in [5.41, 5.74) is 7.09. The van der Waals surface area contributed by atoms with Gasteiger partial charge in [-0.15, -0.1) is 0 Å². The fraction of sp³-hybridized carbons (Fsp3) is 0.423. The van der Waals surface area contributed by atoms with Gasteiger partial charge in [0, 0.05) is 28.6 Å². The standard InChI is InChI=1S/C26H30N/c1-17-11-18(2)19(3)23(12-17)24-8-7-20-13-21-15-26(9-5-6-10-26)16-22(21)14-25(20)27(24)4/h7-8,11-14H,5-6,9-10,15-16H2,1-4H3/q+1/i15D2,16D2. The maximum Gasteiger partial charge on any atom is 0.213 e. The lowest BCUT2D eigenvalue weighted by molar-refractivity contribution is -0.633. The molecule has 27 heavy (non-hydrogen) atoms. The van der Waals surface area contributed by atoms with Gasteiger partial charge in [0.25, 0.3) is 0 Å². The number of nitrogens with zero attached hydrogens (tertiary/aromatic N) is 1. The third-order valence-electron chi connectivity index (χ3n) is 6.60. The molecule has 2 aromatic carbocycles. The van der Waals surface area contributed by atoms with Gasteiger partial charge in [-0.25, -0.2) is 0 Å². The molecule has 0 unspecified atom stereocenters. The van der Waals surface area contributed by atoms with Crippen molar-refractivity contribution in [3.8, 4) is 11.3 Å². The second kappa shape index (κ2) is 5.92. The molecule has 1 nitrogen and oxygen atoms in total. The average molecular weight is 361 g/mol. The topological polar surface area (TPSA) is 3.88 Å². The van der Waals surface area contributed by atoms with Crippen LogP contribution in [0.3, 0.4) is 0 Å². The van der Waals surface area contributed by atoms with E-state index in [2.05, 4.69) is 49.6 Å². The van der Waals surface area contributed by atoms with Gasteiger partial charge in [-0.1, -0.05) is 24.5 Å². The molecule has 138 valence electrons. The van der Waals surface area contributed by atoms with Crippen molar-refractivity contribution >= 4 is 10.9 Å². The van der Waals surface area contributed by atoms with E-state index < -0.39 is 18.2 Å². The molecule has 1 heterocycles. The van der Waals surface area contributed by atoms with Crippen molar-refractivity contribution in [1.29, 1.82) is 0 Å². The van der Waals surface area contributed by atoms with Gasteiger partial charge in [-0.3, -0.25) is 0 Å². The maximum atomic E-state index is 9.04. The first-order chi connectivity index (χ1) is 14.5. The lowest BCUT2D eigenvalue weighted by Crippen LogP contribution is -2.32. The molecule has 1 fully saturated rings. The second-order valence-electron chi connectivity index (χ2n) is 8.53. The van der Waals surface area contributed by atoms with E-state index in [-0.39, 0.29) is 0 Å². The molecule has 1 heteroatoms. The Hall–Kier alpha value is -2.15. The first kappa shape index (κ1) is 13.1. The number of fused-ring (bicyclic) bond motifs is 2. The SMILES string of the molecule is [2H]C1([2H])c2cc3ccc(-c4cc(C)cc(C)c4C)[n+](C)c3cc2C([2H])([2H])C12CCCC2. The fourth-order valence-electron chi connectivity index (χ4n) is 5.00. The maximum absolute atomic E-state index is 9.04. The molecule has 5 rings (SSSR count). The van der Waals surface area contributed by atoms with Crippen LogP contribution in [0.1, 0.15) is 59.0 Å². The molecule has 0 N–H and O–H groups in total. The van der Waals surface area contributed by atoms with Gasteiger partial charge < -0.3 is 0 Å². The Morgan fingerprint density at radius 3 is 2.37 bits per heavy atom. The Kier molecular flexibility index (Phi) is 2.87. The highest BCUT2D eigenvalue weighted by Crippen LogP contribution is 2.49. The van der Waals surface area contributed by atoms with Crippen LogP contribution in [0.15, 0.2) is 36.4 Å². The van der Waals surface area contributed by atoms with E-state index in [4.69, 9.17) is 5.48 Å². The number of benzene rings is 2. The smallest absolute Gasteiger partial charge is 0.194 e. The van der Waals surface area contributed by atoms with E-state index in [1.54, 1.807) is 0 Å². The van der Waals surface area contributed by atoms with Gasteiger partial charge in [-0.2, -0.15) is 4.57 Å². The van der Waals surface area contributed by atoms with Gasteiger partial charge in [0.05, 0.1) is 0 Å². The van der Waals surface area contributed by atoms with E-state index in [1.807, 2.05) is 19.2 Å². The molecule has 2 aliphatic carbocycles. The van der Waals surface area contributed by atoms with Crippen LogP contribution in [0.25, 0.3) is 22.2 Å². The Labute approximate surface area is 168 Å². The van der Waals surface area contributed by atoms with Crippen molar-refractivity contribution < 1.29 is 10.1 Å². The molecular weight excluding hydrogens is 326 g/mol. The van der Waals surface area contributed by atoms with Crippen LogP contribution < -0.4 is 4.57 Å². The summed E-state index contributed by atoms with van der Waals surface area (Å²) in [7, 11) is 2.03. The van der Waals surface area contributed by atoms with Crippen LogP contribution in [0.4, 0.5) is 0 Å². The van der Waals surface area contributed by atoms with Crippen molar-refractivity contribution in [2.75, 3.05) is 0 Å². The van der Waals surface area contributed by atoms with Gasteiger partial charge in [0.1, 0.15) is 7.05 Å². The number of hydrogen-bond donors (Lipinski definition) is 0. The summed E-state index contributed by atoms with van der Waals surface area (Å²) in [6.45, 7) is 6.40. The lowest BCUT2D eigenvalue weighted by Gasteiger charge is -2.21. The van der Waals surface area contributed by atoms with Gasteiger partial charge >= 0.3 is 0 Å². The van der Waals surface area contributed by atoms with Crippen molar-refractivity contribution in [3.05, 3.63) is 64.2 Å². The molecule has 0 amide bonds. The predicted molar refractivity (Wildman–Crippen MR) is 113 cm³/mol. The molecule has 0 atom stereocenters. The number of pyridine rings is 1. The summed E-state index contributed by atoms with van der Waals surface area (Å²) >= 11 is 0. The highest BCUT2D eigenvalue weighted by atomic mass is 14.9. The molecule has 1 spiro atoms. The minimum Gasteiger partial charge on any atom is -0.194 e. The third-order valence-corrected chi connectivity index (χ3v) is 6.60. The van der Waals surface area contributed by atoms with Crippen LogP contribution in [-0.4, -0.2) is 0 Å². The van der Waals surface area contributed by atoms with Crippen molar-refractivity contribution in [2.24, 2.45) is 12.5 Å². The highest BCUT2D eigenvalue weighted by Gasteiger charge is 2.40. The highest BCUT2D eigenvalue weighted by molar-refractivity contribution is 5.80. The zero-order valence-corrected chi connectivity index (χ0v) is 16.7. The van der Waals surface area contributed by atoms with Crippen molar-refractivity contribution in [3.63, 3.8) is 0 Å². The zero-order valence-electron chi connectivity index (χ0n) is 20.7. The average Bonchev–Trinajstić information content (AvgIpc) is 3.26. The zero-order chi connectivity index (χ0) is 22.3. The number of aromatic nitrogens is 1. The normalized spacial score (nSPS) is 23.7. The first-order valence-corrected chi connectivity index (χ1v) is 10.1. The Balaban J connectivity index is 1.78. The van der Waals surface area contributed by atoms with Crippen LogP contribution >= 0.6 is 0 Å². The molecular formula is C26H30N+. The molecule has 3 aromatic rings. The van der Waals surface area contributed by atoms with Crippen LogP contribution in [-0.2, 0) is 19.8 Å². The predicted octanol–water partition coefficient (Wildman–Crippen LogP) is 5.92. The Morgan fingerprint density at radius 1 is 0.926 bits per heavy atom.